The fourth-order valence-corrected chi connectivity index (χ4v) is 1.72. The second-order valence-electron chi connectivity index (χ2n) is 5.13. The third-order valence-corrected chi connectivity index (χ3v) is 3.12. The molecule has 1 aliphatic rings. The molecule has 1 saturated carbocycles. The molecule has 1 unspecified atom stereocenters. The Morgan fingerprint density at radius 2 is 2.06 bits per heavy atom. The van der Waals surface area contributed by atoms with E-state index in [1.807, 2.05) is 13.8 Å². The van der Waals surface area contributed by atoms with E-state index in [9.17, 15) is 8.78 Å². The van der Waals surface area contributed by atoms with Crippen molar-refractivity contribution in [2.24, 2.45) is 5.92 Å². The normalized spacial score (nSPS) is 16.9. The van der Waals surface area contributed by atoms with Crippen LogP contribution in [0, 0.1) is 17.6 Å². The summed E-state index contributed by atoms with van der Waals surface area (Å²) in [5.74, 6) is -1.55. The Morgan fingerprint density at radius 3 is 2.67 bits per heavy atom. The Balaban J connectivity index is 2.00. The van der Waals surface area contributed by atoms with Crippen molar-refractivity contribution in [2.45, 2.75) is 38.8 Å². The molecule has 1 aromatic carbocycles. The second-order valence-corrected chi connectivity index (χ2v) is 5.13. The van der Waals surface area contributed by atoms with Gasteiger partial charge in [-0.25, -0.2) is 4.39 Å². The molecule has 1 atom stereocenters. The first-order valence-corrected chi connectivity index (χ1v) is 6.42. The van der Waals surface area contributed by atoms with Crippen LogP contribution in [-0.4, -0.2) is 18.7 Å². The van der Waals surface area contributed by atoms with Gasteiger partial charge in [0, 0.05) is 12.6 Å². The zero-order chi connectivity index (χ0) is 13.1. The molecule has 0 aliphatic heterocycles. The molecule has 0 aromatic heterocycles. The van der Waals surface area contributed by atoms with Gasteiger partial charge >= 0.3 is 0 Å². The summed E-state index contributed by atoms with van der Waals surface area (Å²) in [6, 6.07) is 4.59. The number of benzene rings is 1. The molecule has 18 heavy (non-hydrogen) atoms. The third-order valence-electron chi connectivity index (χ3n) is 3.12. The maximum atomic E-state index is 13.5. The van der Waals surface area contributed by atoms with Crippen LogP contribution in [0.5, 0.6) is 5.75 Å². The van der Waals surface area contributed by atoms with E-state index >= 15 is 0 Å². The van der Waals surface area contributed by atoms with E-state index in [4.69, 9.17) is 4.74 Å². The molecule has 0 saturated heterocycles. The van der Waals surface area contributed by atoms with Gasteiger partial charge in [-0.05, 0) is 30.9 Å². The van der Waals surface area contributed by atoms with Crippen molar-refractivity contribution >= 4 is 0 Å². The Morgan fingerprint density at radius 1 is 1.33 bits per heavy atom. The number of hydrogen-bond acceptors (Lipinski definition) is 2. The van der Waals surface area contributed by atoms with Crippen LogP contribution in [0.25, 0.3) is 0 Å². The molecule has 4 heteroatoms. The molecule has 1 fully saturated rings. The molecule has 0 amide bonds. The predicted molar refractivity (Wildman–Crippen MR) is 66.6 cm³/mol. The van der Waals surface area contributed by atoms with Crippen LogP contribution in [0.15, 0.2) is 18.2 Å². The summed E-state index contributed by atoms with van der Waals surface area (Å²) in [4.78, 5) is 0. The zero-order valence-corrected chi connectivity index (χ0v) is 10.7. The van der Waals surface area contributed by atoms with Crippen molar-refractivity contribution in [2.75, 3.05) is 6.54 Å². The highest BCUT2D eigenvalue weighted by Crippen LogP contribution is 2.23. The molecular formula is C14H19F2NO. The van der Waals surface area contributed by atoms with E-state index in [1.54, 1.807) is 0 Å². The van der Waals surface area contributed by atoms with Crippen LogP contribution in [-0.2, 0) is 0 Å². The standard InChI is InChI=1S/C14H19F2NO/c1-9(2)13(8-17-10-6-7-10)18-12-5-3-4-11(15)14(12)16/h3-5,9-10,13,17H,6-8H2,1-2H3. The first-order valence-electron chi connectivity index (χ1n) is 6.42. The van der Waals surface area contributed by atoms with Gasteiger partial charge in [-0.2, -0.15) is 4.39 Å². The zero-order valence-electron chi connectivity index (χ0n) is 10.7. The van der Waals surface area contributed by atoms with E-state index < -0.39 is 11.6 Å². The van der Waals surface area contributed by atoms with Crippen LogP contribution in [0.3, 0.4) is 0 Å². The fraction of sp³-hybridized carbons (Fsp3) is 0.571. The van der Waals surface area contributed by atoms with Crippen LogP contribution in [0.4, 0.5) is 8.78 Å². The Kier molecular flexibility index (Phi) is 4.17. The number of nitrogens with one attached hydrogen (secondary N) is 1. The minimum atomic E-state index is -0.908. The minimum absolute atomic E-state index is 0.00806. The lowest BCUT2D eigenvalue weighted by Gasteiger charge is -2.23. The van der Waals surface area contributed by atoms with E-state index in [-0.39, 0.29) is 17.8 Å². The molecule has 1 aliphatic carbocycles. The highest BCUT2D eigenvalue weighted by molar-refractivity contribution is 5.25. The fourth-order valence-electron chi connectivity index (χ4n) is 1.72. The summed E-state index contributed by atoms with van der Waals surface area (Å²) in [6.07, 6.45) is 2.24. The molecule has 2 rings (SSSR count). The van der Waals surface area contributed by atoms with Crippen LogP contribution >= 0.6 is 0 Å². The van der Waals surface area contributed by atoms with Gasteiger partial charge in [0.2, 0.25) is 5.82 Å². The van der Waals surface area contributed by atoms with Gasteiger partial charge < -0.3 is 10.1 Å². The van der Waals surface area contributed by atoms with Crippen molar-refractivity contribution in [3.63, 3.8) is 0 Å². The molecular weight excluding hydrogens is 236 g/mol. The van der Waals surface area contributed by atoms with Gasteiger partial charge in [-0.1, -0.05) is 19.9 Å². The molecule has 2 nitrogen and oxygen atoms in total. The lowest BCUT2D eigenvalue weighted by molar-refractivity contribution is 0.141. The van der Waals surface area contributed by atoms with Gasteiger partial charge in [0.15, 0.2) is 11.6 Å². The van der Waals surface area contributed by atoms with Crippen LogP contribution < -0.4 is 10.1 Å². The largest absolute Gasteiger partial charge is 0.486 e. The monoisotopic (exact) mass is 255 g/mol. The summed E-state index contributed by atoms with van der Waals surface area (Å²) in [5, 5.41) is 3.35. The Hall–Kier alpha value is -1.16. The first-order chi connectivity index (χ1) is 8.58. The number of hydrogen-bond donors (Lipinski definition) is 1. The highest BCUT2D eigenvalue weighted by atomic mass is 19.2. The van der Waals surface area contributed by atoms with Crippen molar-refractivity contribution in [3.8, 4) is 5.75 Å². The SMILES string of the molecule is CC(C)C(CNC1CC1)Oc1cccc(F)c1F. The highest BCUT2D eigenvalue weighted by Gasteiger charge is 2.24. The average molecular weight is 255 g/mol. The third kappa shape index (κ3) is 3.42. The summed E-state index contributed by atoms with van der Waals surface area (Å²) in [7, 11) is 0. The van der Waals surface area contributed by atoms with E-state index in [2.05, 4.69) is 5.32 Å². The van der Waals surface area contributed by atoms with E-state index in [0.29, 0.717) is 12.6 Å². The van der Waals surface area contributed by atoms with E-state index in [1.165, 1.54) is 25.0 Å². The van der Waals surface area contributed by atoms with Gasteiger partial charge in [-0.15, -0.1) is 0 Å². The lowest BCUT2D eigenvalue weighted by atomic mass is 10.1. The number of rotatable bonds is 6. The molecule has 0 spiro atoms. The maximum absolute atomic E-state index is 13.5. The van der Waals surface area contributed by atoms with Crippen molar-refractivity contribution < 1.29 is 13.5 Å². The molecule has 1 N–H and O–H groups in total. The van der Waals surface area contributed by atoms with Crippen molar-refractivity contribution in [1.82, 2.24) is 5.32 Å². The van der Waals surface area contributed by atoms with Crippen LogP contribution in [0.2, 0.25) is 0 Å². The maximum Gasteiger partial charge on any atom is 0.200 e. The molecule has 0 bridgehead atoms. The summed E-state index contributed by atoms with van der Waals surface area (Å²) >= 11 is 0. The average Bonchev–Trinajstić information content (AvgIpc) is 3.13. The minimum Gasteiger partial charge on any atom is -0.486 e. The van der Waals surface area contributed by atoms with Crippen molar-refractivity contribution in [3.05, 3.63) is 29.8 Å². The van der Waals surface area contributed by atoms with Gasteiger partial charge in [0.25, 0.3) is 0 Å². The second kappa shape index (κ2) is 5.65. The molecule has 0 radical (unpaired) electrons. The topological polar surface area (TPSA) is 21.3 Å². The van der Waals surface area contributed by atoms with Gasteiger partial charge in [0.1, 0.15) is 6.10 Å². The smallest absolute Gasteiger partial charge is 0.200 e. The number of halogens is 2. The van der Waals surface area contributed by atoms with Crippen molar-refractivity contribution in [1.29, 1.82) is 0 Å². The first kappa shape index (κ1) is 13.3. The Labute approximate surface area is 106 Å². The summed E-state index contributed by atoms with van der Waals surface area (Å²) in [5.41, 5.74) is 0. The quantitative estimate of drug-likeness (QED) is 0.843. The summed E-state index contributed by atoms with van der Waals surface area (Å²) in [6.45, 7) is 4.69. The van der Waals surface area contributed by atoms with Gasteiger partial charge in [0.05, 0.1) is 0 Å². The lowest BCUT2D eigenvalue weighted by Crippen LogP contribution is -2.36. The molecule has 100 valence electrons. The van der Waals surface area contributed by atoms with E-state index in [0.717, 1.165) is 6.07 Å². The summed E-state index contributed by atoms with van der Waals surface area (Å²) < 4.78 is 32.2. The number of ether oxygens (including phenoxy) is 1. The predicted octanol–water partition coefficient (Wildman–Crippen LogP) is 3.12. The Bertz CT molecular complexity index is 405. The van der Waals surface area contributed by atoms with Gasteiger partial charge in [-0.3, -0.25) is 0 Å². The molecule has 1 aromatic rings. The van der Waals surface area contributed by atoms with Crippen LogP contribution in [0.1, 0.15) is 26.7 Å². The molecule has 0 heterocycles.